The molecule has 27 heavy (non-hydrogen) atoms. The first-order chi connectivity index (χ1) is 13.2. The zero-order valence-corrected chi connectivity index (χ0v) is 15.8. The van der Waals surface area contributed by atoms with Crippen LogP contribution in [0, 0.1) is 11.3 Å². The summed E-state index contributed by atoms with van der Waals surface area (Å²) in [6.45, 7) is 5.40. The van der Waals surface area contributed by atoms with E-state index >= 15 is 0 Å². The van der Waals surface area contributed by atoms with Gasteiger partial charge in [0.15, 0.2) is 0 Å². The second-order valence-electron chi connectivity index (χ2n) is 6.76. The average Bonchev–Trinajstić information content (AvgIpc) is 3.26. The van der Waals surface area contributed by atoms with Crippen molar-refractivity contribution in [2.75, 3.05) is 24.5 Å². The molecule has 0 aliphatic carbocycles. The third-order valence-corrected chi connectivity index (χ3v) is 4.91. The molecule has 2 aromatic carbocycles. The molecule has 2 aromatic rings. The summed E-state index contributed by atoms with van der Waals surface area (Å²) < 4.78 is 0. The predicted octanol–water partition coefficient (Wildman–Crippen LogP) is 4.24. The third kappa shape index (κ3) is 4.77. The van der Waals surface area contributed by atoms with Gasteiger partial charge in [-0.3, -0.25) is 4.79 Å². The van der Waals surface area contributed by atoms with Gasteiger partial charge < -0.3 is 9.80 Å². The summed E-state index contributed by atoms with van der Waals surface area (Å²) in [7, 11) is 0. The molecule has 0 radical (unpaired) electrons. The molecule has 4 heteroatoms. The summed E-state index contributed by atoms with van der Waals surface area (Å²) in [5.41, 5.74) is 3.48. The van der Waals surface area contributed by atoms with Crippen molar-refractivity contribution in [3.63, 3.8) is 0 Å². The zero-order valence-electron chi connectivity index (χ0n) is 15.8. The zero-order chi connectivity index (χ0) is 19.1. The van der Waals surface area contributed by atoms with Crippen molar-refractivity contribution < 1.29 is 4.79 Å². The Hall–Kier alpha value is -3.06. The Kier molecular flexibility index (Phi) is 6.27. The highest BCUT2D eigenvalue weighted by molar-refractivity contribution is 6.01. The molecule has 4 nitrogen and oxygen atoms in total. The Morgan fingerprint density at radius 1 is 1.11 bits per heavy atom. The van der Waals surface area contributed by atoms with Gasteiger partial charge in [-0.2, -0.15) is 5.26 Å². The van der Waals surface area contributed by atoms with E-state index in [-0.39, 0.29) is 11.5 Å². The Morgan fingerprint density at radius 3 is 2.37 bits per heavy atom. The highest BCUT2D eigenvalue weighted by atomic mass is 16.2. The van der Waals surface area contributed by atoms with E-state index in [2.05, 4.69) is 42.2 Å². The quantitative estimate of drug-likeness (QED) is 0.572. The minimum absolute atomic E-state index is 0.154. The summed E-state index contributed by atoms with van der Waals surface area (Å²) in [4.78, 5) is 16.5. The highest BCUT2D eigenvalue weighted by Crippen LogP contribution is 2.20. The van der Waals surface area contributed by atoms with E-state index in [1.165, 1.54) is 5.56 Å². The Labute approximate surface area is 161 Å². The largest absolute Gasteiger partial charge is 0.367 e. The summed E-state index contributed by atoms with van der Waals surface area (Å²) in [6, 6.07) is 20.5. The molecule has 0 aromatic heterocycles. The number of nitriles is 1. The minimum atomic E-state index is -0.154. The second-order valence-corrected chi connectivity index (χ2v) is 6.76. The van der Waals surface area contributed by atoms with E-state index in [4.69, 9.17) is 0 Å². The van der Waals surface area contributed by atoms with Crippen LogP contribution in [0.15, 0.2) is 60.2 Å². The lowest BCUT2D eigenvalue weighted by molar-refractivity contribution is -0.125. The normalized spacial score (nSPS) is 14.1. The van der Waals surface area contributed by atoms with Gasteiger partial charge in [0.25, 0.3) is 5.91 Å². The smallest absolute Gasteiger partial charge is 0.264 e. The van der Waals surface area contributed by atoms with Crippen molar-refractivity contribution in [2.45, 2.75) is 26.3 Å². The van der Waals surface area contributed by atoms with E-state index in [9.17, 15) is 10.1 Å². The molecule has 1 fully saturated rings. The van der Waals surface area contributed by atoms with E-state index in [0.717, 1.165) is 50.3 Å². The van der Waals surface area contributed by atoms with Gasteiger partial charge in [0.1, 0.15) is 11.6 Å². The number of anilines is 1. The van der Waals surface area contributed by atoms with Crippen LogP contribution >= 0.6 is 0 Å². The number of likely N-dealkylation sites (tertiary alicyclic amines) is 1. The number of benzene rings is 2. The van der Waals surface area contributed by atoms with Crippen molar-refractivity contribution in [2.24, 2.45) is 0 Å². The van der Waals surface area contributed by atoms with Crippen LogP contribution < -0.4 is 4.90 Å². The number of carbonyl (C=O) groups excluding carboxylic acids is 1. The predicted molar refractivity (Wildman–Crippen MR) is 109 cm³/mol. The number of nitrogens with zero attached hydrogens (tertiary/aromatic N) is 3. The number of amides is 1. The summed E-state index contributed by atoms with van der Waals surface area (Å²) in [6.07, 6.45) is 3.73. The van der Waals surface area contributed by atoms with Gasteiger partial charge in [-0.15, -0.1) is 0 Å². The lowest BCUT2D eigenvalue weighted by Crippen LogP contribution is -2.28. The van der Waals surface area contributed by atoms with Gasteiger partial charge >= 0.3 is 0 Å². The molecule has 1 aliphatic rings. The van der Waals surface area contributed by atoms with Crippen LogP contribution in [0.4, 0.5) is 5.69 Å². The lowest BCUT2D eigenvalue weighted by Gasteiger charge is -2.23. The van der Waals surface area contributed by atoms with E-state index in [1.54, 1.807) is 11.0 Å². The van der Waals surface area contributed by atoms with Gasteiger partial charge in [-0.05, 0) is 49.1 Å². The topological polar surface area (TPSA) is 47.3 Å². The fourth-order valence-electron chi connectivity index (χ4n) is 3.37. The van der Waals surface area contributed by atoms with Crippen molar-refractivity contribution in [1.82, 2.24) is 4.90 Å². The summed E-state index contributed by atoms with van der Waals surface area (Å²) in [5, 5.41) is 9.39. The molecule has 0 saturated carbocycles. The van der Waals surface area contributed by atoms with Gasteiger partial charge in [-0.25, -0.2) is 0 Å². The van der Waals surface area contributed by atoms with E-state index in [0.29, 0.717) is 0 Å². The Bertz CT molecular complexity index is 828. The monoisotopic (exact) mass is 359 g/mol. The van der Waals surface area contributed by atoms with Crippen LogP contribution in [0.5, 0.6) is 0 Å². The highest BCUT2D eigenvalue weighted by Gasteiger charge is 2.21. The van der Waals surface area contributed by atoms with E-state index in [1.807, 2.05) is 30.3 Å². The Balaban J connectivity index is 1.73. The van der Waals surface area contributed by atoms with Gasteiger partial charge in [-0.1, -0.05) is 42.5 Å². The Morgan fingerprint density at radius 2 is 1.78 bits per heavy atom. The standard InChI is InChI=1S/C23H25N3O/c1-2-25(18-20-8-4-3-5-9-20)22-12-10-19(11-13-22)16-21(17-24)23(27)26-14-6-7-15-26/h3-5,8-13,16H,2,6-7,14-15,18H2,1H3/b21-16+. The van der Waals surface area contributed by atoms with Crippen LogP contribution in [0.25, 0.3) is 6.08 Å². The van der Waals surface area contributed by atoms with Crippen LogP contribution in [-0.2, 0) is 11.3 Å². The van der Waals surface area contributed by atoms with Crippen LogP contribution in [-0.4, -0.2) is 30.4 Å². The molecular weight excluding hydrogens is 334 g/mol. The van der Waals surface area contributed by atoms with Gasteiger partial charge in [0.2, 0.25) is 0 Å². The summed E-state index contributed by atoms with van der Waals surface area (Å²) >= 11 is 0. The molecule has 138 valence electrons. The minimum Gasteiger partial charge on any atom is -0.367 e. The first kappa shape index (κ1) is 18.7. The maximum atomic E-state index is 12.4. The summed E-state index contributed by atoms with van der Waals surface area (Å²) in [5.74, 6) is -0.154. The molecular formula is C23H25N3O. The SMILES string of the molecule is CCN(Cc1ccccc1)c1ccc(/C=C(\C#N)C(=O)N2CCCC2)cc1. The maximum absolute atomic E-state index is 12.4. The van der Waals surface area contributed by atoms with Gasteiger partial charge in [0, 0.05) is 31.9 Å². The first-order valence-electron chi connectivity index (χ1n) is 9.51. The molecule has 0 unspecified atom stereocenters. The van der Waals surface area contributed by atoms with Crippen LogP contribution in [0.1, 0.15) is 30.9 Å². The average molecular weight is 359 g/mol. The van der Waals surface area contributed by atoms with Crippen LogP contribution in [0.3, 0.4) is 0 Å². The number of hydrogen-bond donors (Lipinski definition) is 0. The third-order valence-electron chi connectivity index (χ3n) is 4.91. The molecule has 0 bridgehead atoms. The first-order valence-corrected chi connectivity index (χ1v) is 9.51. The fourth-order valence-corrected chi connectivity index (χ4v) is 3.37. The molecule has 1 aliphatic heterocycles. The molecule has 1 amide bonds. The molecule has 3 rings (SSSR count). The number of rotatable bonds is 6. The molecule has 0 spiro atoms. The number of hydrogen-bond acceptors (Lipinski definition) is 3. The maximum Gasteiger partial charge on any atom is 0.264 e. The molecule has 0 atom stereocenters. The van der Waals surface area contributed by atoms with Crippen molar-refractivity contribution in [3.05, 3.63) is 71.3 Å². The second kappa shape index (κ2) is 9.05. The fraction of sp³-hybridized carbons (Fsp3) is 0.304. The van der Waals surface area contributed by atoms with E-state index < -0.39 is 0 Å². The van der Waals surface area contributed by atoms with Gasteiger partial charge in [0.05, 0.1) is 0 Å². The molecule has 1 saturated heterocycles. The van der Waals surface area contributed by atoms with Crippen molar-refractivity contribution in [1.29, 1.82) is 5.26 Å². The van der Waals surface area contributed by atoms with Crippen molar-refractivity contribution in [3.8, 4) is 6.07 Å². The number of carbonyl (C=O) groups is 1. The van der Waals surface area contributed by atoms with Crippen LogP contribution in [0.2, 0.25) is 0 Å². The molecule has 0 N–H and O–H groups in total. The lowest BCUT2D eigenvalue weighted by atomic mass is 10.1. The molecule has 1 heterocycles. The van der Waals surface area contributed by atoms with Crippen molar-refractivity contribution >= 4 is 17.7 Å².